The molecule has 2 aromatic rings. The van der Waals surface area contributed by atoms with E-state index in [0.717, 1.165) is 12.1 Å². The highest BCUT2D eigenvalue weighted by atomic mass is 35.5. The smallest absolute Gasteiger partial charge is 0.341 e. The standard InChI is InChI=1S/C9H6ClF3N2.ClH/c10-4-8-14-6-2-1-5(9(11,12)13)3-7(6)15-8;/h1-3H,4H2,(H,14,15);1H. The van der Waals surface area contributed by atoms with Crippen LogP contribution in [-0.4, -0.2) is 9.97 Å². The zero-order valence-corrected chi connectivity index (χ0v) is 9.38. The lowest BCUT2D eigenvalue weighted by atomic mass is 10.2. The zero-order valence-electron chi connectivity index (χ0n) is 7.81. The van der Waals surface area contributed by atoms with Crippen LogP contribution in [0.4, 0.5) is 13.2 Å². The molecule has 0 amide bonds. The average molecular weight is 271 g/mol. The predicted molar refractivity (Wildman–Crippen MR) is 57.9 cm³/mol. The molecule has 0 radical (unpaired) electrons. The molecule has 2 rings (SSSR count). The third kappa shape index (κ3) is 2.41. The van der Waals surface area contributed by atoms with Gasteiger partial charge in [0.15, 0.2) is 0 Å². The minimum absolute atomic E-state index is 0. The van der Waals surface area contributed by atoms with Crippen LogP contribution < -0.4 is 0 Å². The number of imidazole rings is 1. The van der Waals surface area contributed by atoms with Crippen molar-refractivity contribution in [2.45, 2.75) is 12.1 Å². The first-order chi connectivity index (χ1) is 7.00. The molecule has 1 N–H and O–H groups in total. The van der Waals surface area contributed by atoms with Crippen LogP contribution in [0.15, 0.2) is 18.2 Å². The second-order valence-electron chi connectivity index (χ2n) is 3.05. The molecule has 1 heterocycles. The monoisotopic (exact) mass is 270 g/mol. The minimum atomic E-state index is -4.33. The van der Waals surface area contributed by atoms with Crippen LogP contribution in [0.2, 0.25) is 0 Å². The predicted octanol–water partition coefficient (Wildman–Crippen LogP) is 3.74. The number of nitrogens with one attached hydrogen (secondary N) is 1. The molecule has 0 aliphatic rings. The molecule has 2 nitrogen and oxygen atoms in total. The first-order valence-electron chi connectivity index (χ1n) is 4.12. The maximum absolute atomic E-state index is 12.3. The molecule has 0 bridgehead atoms. The van der Waals surface area contributed by atoms with Gasteiger partial charge in [-0.05, 0) is 18.2 Å². The Labute approximate surface area is 100 Å². The highest BCUT2D eigenvalue weighted by Crippen LogP contribution is 2.30. The fourth-order valence-corrected chi connectivity index (χ4v) is 1.43. The Hall–Kier alpha value is -0.940. The molecule has 0 aliphatic heterocycles. The van der Waals surface area contributed by atoms with Gasteiger partial charge >= 0.3 is 6.18 Å². The largest absolute Gasteiger partial charge is 0.416 e. The van der Waals surface area contributed by atoms with E-state index in [0.29, 0.717) is 16.9 Å². The van der Waals surface area contributed by atoms with Gasteiger partial charge in [-0.25, -0.2) is 4.98 Å². The van der Waals surface area contributed by atoms with Crippen LogP contribution in [0, 0.1) is 0 Å². The van der Waals surface area contributed by atoms with Crippen LogP contribution in [0.5, 0.6) is 0 Å². The number of benzene rings is 1. The molecule has 0 unspecified atom stereocenters. The number of halogens is 5. The number of aromatic nitrogens is 2. The van der Waals surface area contributed by atoms with Crippen molar-refractivity contribution in [2.75, 3.05) is 0 Å². The van der Waals surface area contributed by atoms with E-state index in [-0.39, 0.29) is 18.3 Å². The summed E-state index contributed by atoms with van der Waals surface area (Å²) < 4.78 is 37.0. The average Bonchev–Trinajstić information content (AvgIpc) is 2.57. The molecule has 1 aromatic carbocycles. The lowest BCUT2D eigenvalue weighted by molar-refractivity contribution is -0.137. The van der Waals surface area contributed by atoms with E-state index in [2.05, 4.69) is 9.97 Å². The second kappa shape index (κ2) is 4.51. The molecule has 16 heavy (non-hydrogen) atoms. The van der Waals surface area contributed by atoms with Gasteiger partial charge in [-0.15, -0.1) is 24.0 Å². The topological polar surface area (TPSA) is 28.7 Å². The number of rotatable bonds is 1. The fraction of sp³-hybridized carbons (Fsp3) is 0.222. The van der Waals surface area contributed by atoms with Gasteiger partial charge in [-0.3, -0.25) is 0 Å². The molecule has 0 saturated carbocycles. The van der Waals surface area contributed by atoms with E-state index in [1.165, 1.54) is 6.07 Å². The SMILES string of the molecule is Cl.FC(F)(F)c1ccc2nc(CCl)[nH]c2c1. The van der Waals surface area contributed by atoms with Gasteiger partial charge < -0.3 is 4.98 Å². The number of H-pyrrole nitrogens is 1. The van der Waals surface area contributed by atoms with E-state index >= 15 is 0 Å². The Morgan fingerprint density at radius 1 is 1.31 bits per heavy atom. The summed E-state index contributed by atoms with van der Waals surface area (Å²) >= 11 is 5.51. The normalized spacial score (nSPS) is 11.5. The van der Waals surface area contributed by atoms with Crippen molar-refractivity contribution < 1.29 is 13.2 Å². The second-order valence-corrected chi connectivity index (χ2v) is 3.31. The fourth-order valence-electron chi connectivity index (χ4n) is 1.30. The van der Waals surface area contributed by atoms with Crippen molar-refractivity contribution in [3.63, 3.8) is 0 Å². The Morgan fingerprint density at radius 2 is 2.00 bits per heavy atom. The molecule has 0 atom stereocenters. The summed E-state index contributed by atoms with van der Waals surface area (Å²) in [5, 5.41) is 0. The number of fused-ring (bicyclic) bond motifs is 1. The van der Waals surface area contributed by atoms with Crippen molar-refractivity contribution in [2.24, 2.45) is 0 Å². The van der Waals surface area contributed by atoms with Gasteiger partial charge in [0.2, 0.25) is 0 Å². The quantitative estimate of drug-likeness (QED) is 0.786. The number of hydrogen-bond acceptors (Lipinski definition) is 1. The van der Waals surface area contributed by atoms with Crippen LogP contribution in [0.25, 0.3) is 11.0 Å². The van der Waals surface area contributed by atoms with Crippen LogP contribution in [-0.2, 0) is 12.1 Å². The van der Waals surface area contributed by atoms with E-state index in [9.17, 15) is 13.2 Å². The van der Waals surface area contributed by atoms with E-state index in [1.54, 1.807) is 0 Å². The zero-order chi connectivity index (χ0) is 11.1. The first-order valence-corrected chi connectivity index (χ1v) is 4.66. The van der Waals surface area contributed by atoms with Gasteiger partial charge in [0.25, 0.3) is 0 Å². The Kier molecular flexibility index (Phi) is 3.70. The summed E-state index contributed by atoms with van der Waals surface area (Å²) in [4.78, 5) is 6.71. The van der Waals surface area contributed by atoms with Crippen molar-refractivity contribution in [1.82, 2.24) is 9.97 Å². The van der Waals surface area contributed by atoms with E-state index in [1.807, 2.05) is 0 Å². The van der Waals surface area contributed by atoms with Crippen LogP contribution in [0.1, 0.15) is 11.4 Å². The summed E-state index contributed by atoms with van der Waals surface area (Å²) in [5.74, 6) is 0.613. The summed E-state index contributed by atoms with van der Waals surface area (Å²) in [6.45, 7) is 0. The number of alkyl halides is 4. The molecule has 0 saturated heterocycles. The van der Waals surface area contributed by atoms with Gasteiger partial charge in [0.1, 0.15) is 5.82 Å². The Balaban J connectivity index is 0.00000128. The maximum atomic E-state index is 12.3. The van der Waals surface area contributed by atoms with Gasteiger partial charge in [0.05, 0.1) is 22.5 Å². The summed E-state index contributed by atoms with van der Waals surface area (Å²) in [7, 11) is 0. The molecule has 0 fully saturated rings. The van der Waals surface area contributed by atoms with E-state index in [4.69, 9.17) is 11.6 Å². The Morgan fingerprint density at radius 3 is 2.56 bits per heavy atom. The number of nitrogens with zero attached hydrogens (tertiary/aromatic N) is 1. The highest BCUT2D eigenvalue weighted by Gasteiger charge is 2.30. The van der Waals surface area contributed by atoms with E-state index < -0.39 is 11.7 Å². The minimum Gasteiger partial charge on any atom is -0.341 e. The van der Waals surface area contributed by atoms with Gasteiger partial charge in [-0.2, -0.15) is 13.2 Å². The first kappa shape index (κ1) is 13.1. The molecule has 0 aliphatic carbocycles. The van der Waals surface area contributed by atoms with Gasteiger partial charge in [0, 0.05) is 0 Å². The summed E-state index contributed by atoms with van der Waals surface area (Å²) in [5.41, 5.74) is 0.138. The Bertz CT molecular complexity index is 493. The lowest BCUT2D eigenvalue weighted by Crippen LogP contribution is -2.04. The molecule has 1 aromatic heterocycles. The molecule has 0 spiro atoms. The van der Waals surface area contributed by atoms with Crippen LogP contribution in [0.3, 0.4) is 0 Å². The summed E-state index contributed by atoms with van der Waals surface area (Å²) in [6, 6.07) is 3.35. The molecule has 88 valence electrons. The van der Waals surface area contributed by atoms with Crippen molar-refractivity contribution in [3.8, 4) is 0 Å². The van der Waals surface area contributed by atoms with Crippen molar-refractivity contribution in [3.05, 3.63) is 29.6 Å². The van der Waals surface area contributed by atoms with Crippen LogP contribution >= 0.6 is 24.0 Å². The van der Waals surface area contributed by atoms with Crippen molar-refractivity contribution in [1.29, 1.82) is 0 Å². The third-order valence-electron chi connectivity index (χ3n) is 1.98. The highest BCUT2D eigenvalue weighted by molar-refractivity contribution is 6.16. The van der Waals surface area contributed by atoms with Gasteiger partial charge in [-0.1, -0.05) is 0 Å². The lowest BCUT2D eigenvalue weighted by Gasteiger charge is -2.05. The third-order valence-corrected chi connectivity index (χ3v) is 2.24. The molecule has 7 heteroatoms. The number of aromatic amines is 1. The molecular formula is C9H7Cl2F3N2. The summed E-state index contributed by atoms with van der Waals surface area (Å²) in [6.07, 6.45) is -4.33. The van der Waals surface area contributed by atoms with Crippen molar-refractivity contribution >= 4 is 35.0 Å². The maximum Gasteiger partial charge on any atom is 0.416 e. The molecular weight excluding hydrogens is 264 g/mol. The number of hydrogen-bond donors (Lipinski definition) is 1.